The number of unbranched alkanes of at least 4 members (excludes halogenated alkanes) is 3. The van der Waals surface area contributed by atoms with Crippen LogP contribution in [0.3, 0.4) is 0 Å². The molecular weight excluding hydrogens is 337 g/mol. The van der Waals surface area contributed by atoms with E-state index in [1.807, 2.05) is 0 Å². The minimum absolute atomic E-state index is 0. The lowest BCUT2D eigenvalue weighted by atomic mass is 10.4. The predicted molar refractivity (Wildman–Crippen MR) is 96.9 cm³/mol. The number of rotatable bonds is 13. The fourth-order valence-electron chi connectivity index (χ4n) is 1.07. The lowest BCUT2D eigenvalue weighted by Gasteiger charge is -2.17. The molecule has 152 valence electrons. The number of aliphatic hydroxyl groups excluding tert-OH is 2. The second-order valence-electron chi connectivity index (χ2n) is 5.04. The van der Waals surface area contributed by atoms with Crippen molar-refractivity contribution >= 4 is 7.82 Å². The summed E-state index contributed by atoms with van der Waals surface area (Å²) in [7, 11) is -3.31. The Hall–Kier alpha value is -0.0500. The SMILES string of the molecule is CC(O)CO.CCCCOP(=O)(OCCCC)OCCCC.[NH4+].[OH-]. The topological polar surface area (TPSA) is 152 Å². The second kappa shape index (κ2) is 22.9. The van der Waals surface area contributed by atoms with Crippen LogP contribution in [0.4, 0.5) is 0 Å². The van der Waals surface area contributed by atoms with Crippen LogP contribution in [0.5, 0.6) is 0 Å². The summed E-state index contributed by atoms with van der Waals surface area (Å²) in [6.07, 6.45) is 5.07. The molecule has 0 aromatic rings. The van der Waals surface area contributed by atoms with E-state index in [9.17, 15) is 4.57 Å². The van der Waals surface area contributed by atoms with Gasteiger partial charge in [-0.15, -0.1) is 0 Å². The van der Waals surface area contributed by atoms with Gasteiger partial charge in [0, 0.05) is 0 Å². The van der Waals surface area contributed by atoms with E-state index in [2.05, 4.69) is 20.8 Å². The van der Waals surface area contributed by atoms with Crippen molar-refractivity contribution in [1.29, 1.82) is 0 Å². The lowest BCUT2D eigenvalue weighted by Crippen LogP contribution is -2.03. The largest absolute Gasteiger partial charge is 0.870 e. The van der Waals surface area contributed by atoms with Gasteiger partial charge in [0.1, 0.15) is 0 Å². The van der Waals surface area contributed by atoms with Crippen molar-refractivity contribution in [3.8, 4) is 0 Å². The molecule has 0 rings (SSSR count). The maximum absolute atomic E-state index is 12.2. The van der Waals surface area contributed by atoms with E-state index in [-0.39, 0.29) is 18.2 Å². The van der Waals surface area contributed by atoms with Crippen LogP contribution >= 0.6 is 7.82 Å². The van der Waals surface area contributed by atoms with Crippen LogP contribution in [-0.2, 0) is 18.1 Å². The number of hydrogen-bond donors (Lipinski definition) is 3. The van der Waals surface area contributed by atoms with Crippen molar-refractivity contribution in [2.75, 3.05) is 26.4 Å². The molecule has 0 amide bonds. The highest BCUT2D eigenvalue weighted by molar-refractivity contribution is 7.48. The first-order valence-corrected chi connectivity index (χ1v) is 9.74. The molecule has 0 heterocycles. The van der Waals surface area contributed by atoms with Crippen LogP contribution in [0.2, 0.25) is 0 Å². The van der Waals surface area contributed by atoms with Crippen LogP contribution in [0.25, 0.3) is 0 Å². The molecular formula is C15H40NO7P. The Kier molecular flexibility index (Phi) is 30.3. The Bertz CT molecular complexity index is 235. The molecule has 8 nitrogen and oxygen atoms in total. The van der Waals surface area contributed by atoms with Gasteiger partial charge in [0.2, 0.25) is 0 Å². The molecule has 0 aromatic carbocycles. The Balaban J connectivity index is -0.000000250. The van der Waals surface area contributed by atoms with Gasteiger partial charge in [-0.1, -0.05) is 40.0 Å². The van der Waals surface area contributed by atoms with E-state index >= 15 is 0 Å². The molecule has 0 fully saturated rings. The smallest absolute Gasteiger partial charge is 0.474 e. The highest BCUT2D eigenvalue weighted by Gasteiger charge is 2.25. The first-order valence-electron chi connectivity index (χ1n) is 8.28. The summed E-state index contributed by atoms with van der Waals surface area (Å²) >= 11 is 0. The second-order valence-corrected chi connectivity index (χ2v) is 6.71. The molecule has 0 radical (unpaired) electrons. The van der Waals surface area contributed by atoms with Gasteiger partial charge in [0.15, 0.2) is 0 Å². The summed E-state index contributed by atoms with van der Waals surface area (Å²) in [5, 5.41) is 16.0. The van der Waals surface area contributed by atoms with Crippen LogP contribution in [0.1, 0.15) is 66.2 Å². The average Bonchev–Trinajstić information content (AvgIpc) is 2.49. The number of hydrogen-bond acceptors (Lipinski definition) is 7. The Labute approximate surface area is 147 Å². The molecule has 1 atom stereocenters. The minimum Gasteiger partial charge on any atom is -0.870 e. The molecule has 0 aliphatic heterocycles. The van der Waals surface area contributed by atoms with Crippen molar-refractivity contribution in [3.05, 3.63) is 0 Å². The van der Waals surface area contributed by atoms with Gasteiger partial charge >= 0.3 is 7.82 Å². The van der Waals surface area contributed by atoms with Gasteiger partial charge < -0.3 is 21.8 Å². The zero-order chi connectivity index (χ0) is 17.3. The van der Waals surface area contributed by atoms with Crippen molar-refractivity contribution in [3.63, 3.8) is 0 Å². The fraction of sp³-hybridized carbons (Fsp3) is 1.00. The zero-order valence-corrected chi connectivity index (χ0v) is 17.0. The van der Waals surface area contributed by atoms with E-state index in [0.717, 1.165) is 38.5 Å². The molecule has 0 spiro atoms. The van der Waals surface area contributed by atoms with Gasteiger partial charge in [-0.05, 0) is 26.2 Å². The van der Waals surface area contributed by atoms with Crippen LogP contribution in [0, 0.1) is 0 Å². The molecule has 0 bridgehead atoms. The van der Waals surface area contributed by atoms with E-state index in [0.29, 0.717) is 19.8 Å². The molecule has 0 aliphatic carbocycles. The van der Waals surface area contributed by atoms with Crippen molar-refractivity contribution < 1.29 is 33.8 Å². The highest BCUT2D eigenvalue weighted by atomic mass is 31.2. The highest BCUT2D eigenvalue weighted by Crippen LogP contribution is 2.49. The molecule has 0 saturated heterocycles. The van der Waals surface area contributed by atoms with Gasteiger partial charge in [-0.3, -0.25) is 13.6 Å². The van der Waals surface area contributed by atoms with Crippen LogP contribution in [0.15, 0.2) is 0 Å². The Morgan fingerprint density at radius 3 is 1.29 bits per heavy atom. The number of quaternary nitrogens is 1. The quantitative estimate of drug-likeness (QED) is 0.322. The van der Waals surface area contributed by atoms with Crippen molar-refractivity contribution in [1.82, 2.24) is 6.15 Å². The lowest BCUT2D eigenvalue weighted by molar-refractivity contribution is 0.110. The summed E-state index contributed by atoms with van der Waals surface area (Å²) < 4.78 is 28.0. The predicted octanol–water partition coefficient (Wildman–Crippen LogP) is 4.10. The molecule has 1 unspecified atom stereocenters. The third kappa shape index (κ3) is 24.2. The summed E-state index contributed by atoms with van der Waals surface area (Å²) in [6, 6.07) is 0. The maximum atomic E-state index is 12.2. The summed E-state index contributed by atoms with van der Waals surface area (Å²) in [5.74, 6) is 0. The molecule has 7 N–H and O–H groups in total. The maximum Gasteiger partial charge on any atom is 0.474 e. The molecule has 9 heteroatoms. The zero-order valence-electron chi connectivity index (χ0n) is 16.1. The van der Waals surface area contributed by atoms with E-state index in [1.165, 1.54) is 6.92 Å². The van der Waals surface area contributed by atoms with Crippen molar-refractivity contribution in [2.24, 2.45) is 0 Å². The standard InChI is InChI=1S/C12H27O4P.C3H8O2.H3N.H2O/c1-4-7-10-14-17(13,15-11-8-5-2)16-12-9-6-3;1-3(5)2-4;;/h4-12H2,1-3H3;3-5H,2H2,1H3;1H3;1H2. The number of aliphatic hydroxyl groups is 2. The molecule has 0 aromatic heterocycles. The first kappa shape index (κ1) is 31.7. The summed E-state index contributed by atoms with van der Waals surface area (Å²) in [6.45, 7) is 8.88. The number of phosphoric ester groups is 1. The molecule has 0 saturated carbocycles. The van der Waals surface area contributed by atoms with E-state index in [1.54, 1.807) is 0 Å². The summed E-state index contributed by atoms with van der Waals surface area (Å²) in [4.78, 5) is 0. The van der Waals surface area contributed by atoms with Gasteiger partial charge in [0.05, 0.1) is 32.5 Å². The van der Waals surface area contributed by atoms with Gasteiger partial charge in [-0.2, -0.15) is 0 Å². The van der Waals surface area contributed by atoms with Gasteiger partial charge in [-0.25, -0.2) is 4.57 Å². The summed E-state index contributed by atoms with van der Waals surface area (Å²) in [5.41, 5.74) is 0. The van der Waals surface area contributed by atoms with Gasteiger partial charge in [0.25, 0.3) is 0 Å². The van der Waals surface area contributed by atoms with Crippen LogP contribution in [-0.4, -0.2) is 48.2 Å². The monoisotopic (exact) mass is 377 g/mol. The number of phosphoric acid groups is 1. The minimum atomic E-state index is -3.31. The molecule has 24 heavy (non-hydrogen) atoms. The van der Waals surface area contributed by atoms with Crippen LogP contribution < -0.4 is 6.15 Å². The Morgan fingerprint density at radius 1 is 0.875 bits per heavy atom. The first-order chi connectivity index (χ1) is 10.5. The third-order valence-corrected chi connectivity index (χ3v) is 4.00. The van der Waals surface area contributed by atoms with Crippen molar-refractivity contribution in [2.45, 2.75) is 72.3 Å². The van der Waals surface area contributed by atoms with E-state index < -0.39 is 13.9 Å². The molecule has 0 aliphatic rings. The Morgan fingerprint density at radius 2 is 1.12 bits per heavy atom. The normalized spacial score (nSPS) is 11.6. The van der Waals surface area contributed by atoms with E-state index in [4.69, 9.17) is 23.8 Å². The third-order valence-electron chi connectivity index (χ3n) is 2.51. The fourth-order valence-corrected chi connectivity index (χ4v) is 2.36. The average molecular weight is 377 g/mol.